The second kappa shape index (κ2) is 8.32. The molecule has 5 nitrogen and oxygen atoms in total. The van der Waals surface area contributed by atoms with Crippen molar-refractivity contribution in [2.75, 3.05) is 13.1 Å². The molecule has 0 aliphatic carbocycles. The fraction of sp³-hybridized carbons (Fsp3) is 0.300. The van der Waals surface area contributed by atoms with Gasteiger partial charge in [0.1, 0.15) is 0 Å². The number of rotatable bonds is 3. The van der Waals surface area contributed by atoms with Crippen molar-refractivity contribution in [3.05, 3.63) is 70.2 Å². The Hall–Kier alpha value is -2.74. The van der Waals surface area contributed by atoms with Crippen LogP contribution in [0.5, 0.6) is 0 Å². The minimum Gasteiger partial charge on any atom is -0.465 e. The lowest BCUT2D eigenvalue weighted by atomic mass is 9.85. The number of hydrogen-bond donors (Lipinski definition) is 2. The molecule has 2 amide bonds. The molecule has 1 fully saturated rings. The molecule has 2 N–H and O–H groups in total. The van der Waals surface area contributed by atoms with Gasteiger partial charge in [0.25, 0.3) is 5.91 Å². The van der Waals surface area contributed by atoms with Crippen molar-refractivity contribution in [2.45, 2.75) is 24.6 Å². The molecule has 29 heavy (non-hydrogen) atoms. The van der Waals surface area contributed by atoms with Crippen molar-refractivity contribution in [3.8, 4) is 0 Å². The van der Waals surface area contributed by atoms with Crippen molar-refractivity contribution in [1.29, 1.82) is 0 Å². The topological polar surface area (TPSA) is 69.6 Å². The molecule has 1 saturated heterocycles. The van der Waals surface area contributed by atoms with Crippen LogP contribution in [0.3, 0.4) is 0 Å². The van der Waals surface area contributed by atoms with E-state index in [-0.39, 0.29) is 19.0 Å². The number of carbonyl (C=O) groups excluding carboxylic acids is 1. The predicted molar refractivity (Wildman–Crippen MR) is 101 cm³/mol. The van der Waals surface area contributed by atoms with Crippen LogP contribution in [0.1, 0.15) is 33.8 Å². The molecule has 0 aromatic heterocycles. The smallest absolute Gasteiger partial charge is 0.416 e. The monoisotopic (exact) mass is 426 g/mol. The van der Waals surface area contributed by atoms with E-state index in [0.29, 0.717) is 22.6 Å². The standard InChI is InChI=1S/C20H18ClF3N2O3/c21-15-7-3-13(4-8-15)18(27)25-17-9-10-26(19(28)29)11-16(17)12-1-5-14(6-2-12)20(22,23)24/h1-8,16-17H,9-11H2,(H,25,27)(H,28,29)/t16-,17+/m0/s1. The molecule has 1 aliphatic heterocycles. The van der Waals surface area contributed by atoms with Crippen molar-refractivity contribution < 1.29 is 27.9 Å². The van der Waals surface area contributed by atoms with Crippen LogP contribution < -0.4 is 5.32 Å². The molecule has 0 unspecified atom stereocenters. The van der Waals surface area contributed by atoms with Crippen molar-refractivity contribution >= 4 is 23.6 Å². The van der Waals surface area contributed by atoms with Crippen LogP contribution in [0, 0.1) is 0 Å². The van der Waals surface area contributed by atoms with Gasteiger partial charge in [-0.15, -0.1) is 0 Å². The van der Waals surface area contributed by atoms with Gasteiger partial charge in [0.15, 0.2) is 0 Å². The largest absolute Gasteiger partial charge is 0.465 e. The first-order valence-electron chi connectivity index (χ1n) is 8.86. The third-order valence-electron chi connectivity index (χ3n) is 4.97. The van der Waals surface area contributed by atoms with Crippen LogP contribution in [0.4, 0.5) is 18.0 Å². The number of nitrogens with one attached hydrogen (secondary N) is 1. The van der Waals surface area contributed by atoms with Gasteiger partial charge in [-0.2, -0.15) is 13.2 Å². The molecule has 2 aromatic rings. The molecule has 1 aliphatic rings. The summed E-state index contributed by atoms with van der Waals surface area (Å²) in [6, 6.07) is 10.5. The molecule has 9 heteroatoms. The Morgan fingerprint density at radius 2 is 1.69 bits per heavy atom. The fourth-order valence-corrected chi connectivity index (χ4v) is 3.53. The van der Waals surface area contributed by atoms with Crippen LogP contribution in [0.25, 0.3) is 0 Å². The molecular weight excluding hydrogens is 409 g/mol. The number of likely N-dealkylation sites (tertiary alicyclic amines) is 1. The maximum atomic E-state index is 12.8. The van der Waals surface area contributed by atoms with Gasteiger partial charge in [0.2, 0.25) is 0 Å². The van der Waals surface area contributed by atoms with E-state index < -0.39 is 29.8 Å². The number of nitrogens with zero attached hydrogens (tertiary/aromatic N) is 1. The van der Waals surface area contributed by atoms with Crippen LogP contribution >= 0.6 is 11.6 Å². The summed E-state index contributed by atoms with van der Waals surface area (Å²) in [5.41, 5.74) is 0.139. The number of carboxylic acid groups (broad SMARTS) is 1. The van der Waals surface area contributed by atoms with Gasteiger partial charge < -0.3 is 15.3 Å². The number of carbonyl (C=O) groups is 2. The second-order valence-electron chi connectivity index (χ2n) is 6.83. The first-order valence-corrected chi connectivity index (χ1v) is 9.24. The summed E-state index contributed by atoms with van der Waals surface area (Å²) in [4.78, 5) is 25.1. The van der Waals surface area contributed by atoms with E-state index in [1.54, 1.807) is 24.3 Å². The van der Waals surface area contributed by atoms with E-state index in [9.17, 15) is 27.9 Å². The van der Waals surface area contributed by atoms with Crippen molar-refractivity contribution in [2.24, 2.45) is 0 Å². The minimum atomic E-state index is -4.46. The number of piperidine rings is 1. The van der Waals surface area contributed by atoms with E-state index >= 15 is 0 Å². The van der Waals surface area contributed by atoms with Crippen LogP contribution in [-0.2, 0) is 6.18 Å². The highest BCUT2D eigenvalue weighted by Gasteiger charge is 2.35. The molecular formula is C20H18ClF3N2O3. The van der Waals surface area contributed by atoms with E-state index in [4.69, 9.17) is 11.6 Å². The summed E-state index contributed by atoms with van der Waals surface area (Å²) in [6.07, 6.45) is -5.22. The molecule has 0 saturated carbocycles. The summed E-state index contributed by atoms with van der Waals surface area (Å²) in [5.74, 6) is -0.828. The molecule has 1 heterocycles. The highest BCUT2D eigenvalue weighted by molar-refractivity contribution is 6.30. The van der Waals surface area contributed by atoms with Crippen molar-refractivity contribution in [1.82, 2.24) is 10.2 Å². The lowest BCUT2D eigenvalue weighted by Gasteiger charge is -2.38. The zero-order valence-corrected chi connectivity index (χ0v) is 15.9. The molecule has 0 radical (unpaired) electrons. The molecule has 154 valence electrons. The zero-order valence-electron chi connectivity index (χ0n) is 15.1. The third-order valence-corrected chi connectivity index (χ3v) is 5.22. The van der Waals surface area contributed by atoms with Gasteiger partial charge in [-0.05, 0) is 48.4 Å². The van der Waals surface area contributed by atoms with Gasteiger partial charge in [0.05, 0.1) is 5.56 Å². The summed E-state index contributed by atoms with van der Waals surface area (Å²) in [7, 11) is 0. The first-order chi connectivity index (χ1) is 13.6. The lowest BCUT2D eigenvalue weighted by molar-refractivity contribution is -0.137. The first kappa shape index (κ1) is 21.0. The SMILES string of the molecule is O=C(N[C@@H]1CCN(C(=O)O)C[C@H]1c1ccc(C(F)(F)F)cc1)c1ccc(Cl)cc1. The van der Waals surface area contributed by atoms with E-state index in [1.165, 1.54) is 17.0 Å². The van der Waals surface area contributed by atoms with Gasteiger partial charge in [-0.3, -0.25) is 4.79 Å². The molecule has 2 aromatic carbocycles. The van der Waals surface area contributed by atoms with E-state index in [1.807, 2.05) is 0 Å². The average molecular weight is 427 g/mol. The quantitative estimate of drug-likeness (QED) is 0.752. The molecule has 3 rings (SSSR count). The number of benzene rings is 2. The molecule has 0 spiro atoms. The third kappa shape index (κ3) is 5.00. The highest BCUT2D eigenvalue weighted by atomic mass is 35.5. The van der Waals surface area contributed by atoms with Gasteiger partial charge in [0, 0.05) is 35.6 Å². The van der Waals surface area contributed by atoms with E-state index in [2.05, 4.69) is 5.32 Å². The summed E-state index contributed by atoms with van der Waals surface area (Å²) >= 11 is 5.83. The maximum absolute atomic E-state index is 12.8. The average Bonchev–Trinajstić information content (AvgIpc) is 2.68. The number of amides is 2. The zero-order chi connectivity index (χ0) is 21.2. The lowest BCUT2D eigenvalue weighted by Crippen LogP contribution is -2.51. The van der Waals surface area contributed by atoms with Gasteiger partial charge in [-0.1, -0.05) is 23.7 Å². The normalized spacial score (nSPS) is 19.7. The minimum absolute atomic E-state index is 0.0757. The Kier molecular flexibility index (Phi) is 6.02. The van der Waals surface area contributed by atoms with Crippen LogP contribution in [-0.4, -0.2) is 41.1 Å². The Balaban J connectivity index is 1.83. The van der Waals surface area contributed by atoms with Crippen LogP contribution in [0.15, 0.2) is 48.5 Å². The van der Waals surface area contributed by atoms with Crippen LogP contribution in [0.2, 0.25) is 5.02 Å². The maximum Gasteiger partial charge on any atom is 0.416 e. The van der Waals surface area contributed by atoms with Gasteiger partial charge >= 0.3 is 12.3 Å². The van der Waals surface area contributed by atoms with Crippen molar-refractivity contribution in [3.63, 3.8) is 0 Å². The summed E-state index contributed by atoms with van der Waals surface area (Å²) < 4.78 is 38.5. The Morgan fingerprint density at radius 3 is 2.24 bits per heavy atom. The molecule has 0 bridgehead atoms. The Bertz CT molecular complexity index is 885. The van der Waals surface area contributed by atoms with Gasteiger partial charge in [-0.25, -0.2) is 4.79 Å². The number of hydrogen-bond acceptors (Lipinski definition) is 2. The molecule has 2 atom stereocenters. The summed E-state index contributed by atoms with van der Waals surface area (Å²) in [5, 5.41) is 12.7. The Labute approximate surface area is 170 Å². The Morgan fingerprint density at radius 1 is 1.07 bits per heavy atom. The summed E-state index contributed by atoms with van der Waals surface area (Å²) in [6.45, 7) is 0.296. The van der Waals surface area contributed by atoms with E-state index in [0.717, 1.165) is 12.1 Å². The number of alkyl halides is 3. The number of halogens is 4. The fourth-order valence-electron chi connectivity index (χ4n) is 3.41. The highest BCUT2D eigenvalue weighted by Crippen LogP contribution is 2.33. The second-order valence-corrected chi connectivity index (χ2v) is 7.27. The predicted octanol–water partition coefficient (Wildman–Crippen LogP) is 4.62.